The van der Waals surface area contributed by atoms with Gasteiger partial charge in [-0.05, 0) is 6.92 Å². The predicted octanol–water partition coefficient (Wildman–Crippen LogP) is 1.40. The Balaban J connectivity index is 2.39. The highest BCUT2D eigenvalue weighted by atomic mass is 19.2. The Bertz CT molecular complexity index is 544. The Kier molecular flexibility index (Phi) is 4.31. The first-order valence-electron chi connectivity index (χ1n) is 6.03. The van der Waals surface area contributed by atoms with E-state index in [0.717, 1.165) is 12.0 Å². The fourth-order valence-electron chi connectivity index (χ4n) is 2.15. The molecular formula is C12H12F4N2O3. The number of carbonyl (C=O) groups excluding carboxylic acids is 1. The number of hydrogen-bond acceptors (Lipinski definition) is 5. The molecule has 21 heavy (non-hydrogen) atoms. The Hall–Kier alpha value is -1.90. The maximum Gasteiger partial charge on any atom is 0.336 e. The number of hydrogen-bond donors (Lipinski definition) is 0. The molecule has 116 valence electrons. The van der Waals surface area contributed by atoms with Crippen molar-refractivity contribution >= 4 is 11.7 Å². The molecule has 0 radical (unpaired) electrons. The first-order valence-corrected chi connectivity index (χ1v) is 6.03. The lowest BCUT2D eigenvalue weighted by Crippen LogP contribution is -2.50. The van der Waals surface area contributed by atoms with Gasteiger partial charge in [-0.3, -0.25) is 0 Å². The van der Waals surface area contributed by atoms with Crippen LogP contribution in [0.1, 0.15) is 6.92 Å². The zero-order chi connectivity index (χ0) is 15.7. The molecule has 1 aromatic rings. The smallest absolute Gasteiger partial charge is 0.336 e. The summed E-state index contributed by atoms with van der Waals surface area (Å²) in [4.78, 5) is 15.0. The van der Waals surface area contributed by atoms with Crippen molar-refractivity contribution in [2.24, 2.45) is 0 Å². The highest BCUT2D eigenvalue weighted by molar-refractivity contribution is 5.76. The Morgan fingerprint density at radius 1 is 1.24 bits per heavy atom. The minimum atomic E-state index is -1.75. The molecule has 1 unspecified atom stereocenters. The molecule has 1 aromatic heterocycles. The van der Waals surface area contributed by atoms with Crippen LogP contribution in [0.4, 0.5) is 23.2 Å². The third kappa shape index (κ3) is 2.92. The quantitative estimate of drug-likeness (QED) is 0.470. The first kappa shape index (κ1) is 15.5. The van der Waals surface area contributed by atoms with Crippen molar-refractivity contribution in [1.29, 1.82) is 0 Å². The number of ether oxygens (including phenoxy) is 2. The first-order chi connectivity index (χ1) is 9.85. The van der Waals surface area contributed by atoms with E-state index in [0.29, 0.717) is 0 Å². The molecule has 2 atom stereocenters. The van der Waals surface area contributed by atoms with Crippen LogP contribution in [0.15, 0.2) is 0 Å². The fraction of sp³-hybridized carbons (Fsp3) is 0.500. The van der Waals surface area contributed by atoms with Crippen molar-refractivity contribution in [1.82, 2.24) is 4.98 Å². The molecule has 0 bridgehead atoms. The van der Waals surface area contributed by atoms with Crippen molar-refractivity contribution in [2.75, 3.05) is 25.1 Å². The summed E-state index contributed by atoms with van der Waals surface area (Å²) in [7, 11) is 1.13. The standard InChI is InChI=1S/C12H12F4N2O3/c1-5-3-18(4-6(21-5)12(19)20-2)9-7(13)10(15)17-11(16)8(9)14/h5-6H,3-4H2,1-2H3/t5-,6?/m1/s1. The van der Waals surface area contributed by atoms with Crippen LogP contribution < -0.4 is 4.90 Å². The van der Waals surface area contributed by atoms with Crippen molar-refractivity contribution in [2.45, 2.75) is 19.1 Å². The number of halogens is 4. The van der Waals surface area contributed by atoms with Crippen LogP contribution in [0, 0.1) is 23.5 Å². The largest absolute Gasteiger partial charge is 0.467 e. The number of esters is 1. The number of morpholine rings is 1. The highest BCUT2D eigenvalue weighted by Gasteiger charge is 2.35. The fourth-order valence-corrected chi connectivity index (χ4v) is 2.15. The predicted molar refractivity (Wildman–Crippen MR) is 62.6 cm³/mol. The molecule has 2 rings (SSSR count). The number of pyridine rings is 1. The monoisotopic (exact) mass is 308 g/mol. The molecule has 0 N–H and O–H groups in total. The van der Waals surface area contributed by atoms with Crippen LogP contribution in [-0.2, 0) is 14.3 Å². The number of nitrogens with zero attached hydrogens (tertiary/aromatic N) is 2. The van der Waals surface area contributed by atoms with Gasteiger partial charge in [-0.1, -0.05) is 0 Å². The van der Waals surface area contributed by atoms with E-state index in [4.69, 9.17) is 4.74 Å². The number of methoxy groups -OCH3 is 1. The zero-order valence-corrected chi connectivity index (χ0v) is 11.2. The zero-order valence-electron chi connectivity index (χ0n) is 11.2. The third-order valence-corrected chi connectivity index (χ3v) is 3.01. The maximum atomic E-state index is 13.7. The van der Waals surface area contributed by atoms with Crippen LogP contribution in [0.5, 0.6) is 0 Å². The van der Waals surface area contributed by atoms with E-state index in [1.165, 1.54) is 0 Å². The van der Waals surface area contributed by atoms with Gasteiger partial charge in [0.05, 0.1) is 19.8 Å². The SMILES string of the molecule is COC(=O)C1CN(c2c(F)c(F)nc(F)c2F)C[C@@H](C)O1. The molecule has 9 heteroatoms. The van der Waals surface area contributed by atoms with E-state index >= 15 is 0 Å². The molecule has 0 spiro atoms. The number of aromatic nitrogens is 1. The molecule has 0 amide bonds. The van der Waals surface area contributed by atoms with E-state index in [1.54, 1.807) is 6.92 Å². The highest BCUT2D eigenvalue weighted by Crippen LogP contribution is 2.29. The maximum absolute atomic E-state index is 13.7. The molecule has 2 heterocycles. The molecule has 0 saturated carbocycles. The molecule has 5 nitrogen and oxygen atoms in total. The van der Waals surface area contributed by atoms with Crippen molar-refractivity contribution in [3.63, 3.8) is 0 Å². The molecule has 1 aliphatic heterocycles. The average molecular weight is 308 g/mol. The van der Waals surface area contributed by atoms with Crippen molar-refractivity contribution in [3.8, 4) is 0 Å². The second-order valence-corrected chi connectivity index (χ2v) is 4.53. The normalized spacial score (nSPS) is 22.3. The van der Waals surface area contributed by atoms with Gasteiger partial charge in [0, 0.05) is 6.54 Å². The second kappa shape index (κ2) is 5.84. The summed E-state index contributed by atoms with van der Waals surface area (Å²) in [5, 5.41) is 0. The van der Waals surface area contributed by atoms with Gasteiger partial charge in [-0.2, -0.15) is 22.5 Å². The Labute approximate surface area is 117 Å². The van der Waals surface area contributed by atoms with Gasteiger partial charge in [0.2, 0.25) is 11.6 Å². The molecule has 0 aliphatic carbocycles. The minimum Gasteiger partial charge on any atom is -0.467 e. The summed E-state index contributed by atoms with van der Waals surface area (Å²) >= 11 is 0. The lowest BCUT2D eigenvalue weighted by Gasteiger charge is -2.36. The van der Waals surface area contributed by atoms with E-state index in [-0.39, 0.29) is 13.1 Å². The Morgan fingerprint density at radius 2 is 1.81 bits per heavy atom. The van der Waals surface area contributed by atoms with Crippen LogP contribution in [0.3, 0.4) is 0 Å². The van der Waals surface area contributed by atoms with Gasteiger partial charge in [0.1, 0.15) is 5.69 Å². The van der Waals surface area contributed by atoms with Crippen LogP contribution in [0.25, 0.3) is 0 Å². The van der Waals surface area contributed by atoms with E-state index in [2.05, 4.69) is 9.72 Å². The van der Waals surface area contributed by atoms with Crippen molar-refractivity contribution in [3.05, 3.63) is 23.5 Å². The van der Waals surface area contributed by atoms with Gasteiger partial charge >= 0.3 is 5.97 Å². The molecule has 1 saturated heterocycles. The summed E-state index contributed by atoms with van der Waals surface area (Å²) in [6, 6.07) is 0. The lowest BCUT2D eigenvalue weighted by atomic mass is 10.2. The van der Waals surface area contributed by atoms with Crippen molar-refractivity contribution < 1.29 is 31.8 Å². The van der Waals surface area contributed by atoms with Crippen LogP contribution in [0.2, 0.25) is 0 Å². The van der Waals surface area contributed by atoms with Crippen LogP contribution >= 0.6 is 0 Å². The number of carbonyl (C=O) groups is 1. The van der Waals surface area contributed by atoms with Gasteiger partial charge < -0.3 is 14.4 Å². The molecule has 1 aliphatic rings. The summed E-state index contributed by atoms with van der Waals surface area (Å²) in [6.07, 6.45) is -1.71. The molecule has 1 fully saturated rings. The summed E-state index contributed by atoms with van der Waals surface area (Å²) in [5.41, 5.74) is -0.913. The van der Waals surface area contributed by atoms with Crippen LogP contribution in [-0.4, -0.2) is 43.4 Å². The Morgan fingerprint density at radius 3 is 2.33 bits per heavy atom. The lowest BCUT2D eigenvalue weighted by molar-refractivity contribution is -0.158. The second-order valence-electron chi connectivity index (χ2n) is 4.53. The minimum absolute atomic E-state index is 0.0514. The average Bonchev–Trinajstić information content (AvgIpc) is 2.44. The van der Waals surface area contributed by atoms with E-state index < -0.39 is 47.4 Å². The van der Waals surface area contributed by atoms with Gasteiger partial charge in [0.25, 0.3) is 11.9 Å². The van der Waals surface area contributed by atoms with Gasteiger partial charge in [0.15, 0.2) is 6.10 Å². The number of rotatable bonds is 2. The van der Waals surface area contributed by atoms with E-state index in [9.17, 15) is 22.4 Å². The topological polar surface area (TPSA) is 51.7 Å². The number of anilines is 1. The summed E-state index contributed by atoms with van der Waals surface area (Å²) in [6.45, 7) is 1.20. The van der Waals surface area contributed by atoms with E-state index in [1.807, 2.05) is 0 Å². The van der Waals surface area contributed by atoms with Gasteiger partial charge in [-0.25, -0.2) is 4.79 Å². The molecule has 0 aromatic carbocycles. The molecular weight excluding hydrogens is 296 g/mol. The van der Waals surface area contributed by atoms with Gasteiger partial charge in [-0.15, -0.1) is 0 Å². The summed E-state index contributed by atoms with van der Waals surface area (Å²) < 4.78 is 63.5. The third-order valence-electron chi connectivity index (χ3n) is 3.01. The summed E-state index contributed by atoms with van der Waals surface area (Å²) in [5.74, 6) is -7.49.